The van der Waals surface area contributed by atoms with Gasteiger partial charge in [0.05, 0.1) is 0 Å². The molecule has 0 unspecified atom stereocenters. The fourth-order valence-electron chi connectivity index (χ4n) is 5.43. The van der Waals surface area contributed by atoms with Gasteiger partial charge in [0.2, 0.25) is 0 Å². The van der Waals surface area contributed by atoms with Gasteiger partial charge >= 0.3 is 5.97 Å². The molecule has 0 aromatic rings. The van der Waals surface area contributed by atoms with Gasteiger partial charge in [0.25, 0.3) is 0 Å². The van der Waals surface area contributed by atoms with Crippen LogP contribution >= 0.6 is 0 Å². The minimum atomic E-state index is -0.845. The van der Waals surface area contributed by atoms with Crippen molar-refractivity contribution in [3.05, 3.63) is 11.6 Å². The fourth-order valence-corrected chi connectivity index (χ4v) is 5.43. The Morgan fingerprint density at radius 3 is 0.513 bits per heavy atom. The van der Waals surface area contributed by atoms with E-state index in [1.165, 1.54) is 193 Å². The first kappa shape index (κ1) is 40.3. The minimum Gasteiger partial charge on any atom is -0.478 e. The van der Waals surface area contributed by atoms with Gasteiger partial charge in [-0.3, -0.25) is 0 Å². The van der Waals surface area contributed by atoms with Crippen molar-refractivity contribution in [3.8, 4) is 0 Å². The highest BCUT2D eigenvalue weighted by molar-refractivity contribution is 5.85. The maximum atomic E-state index is 9.86. The lowest BCUT2D eigenvalue weighted by atomic mass is 10.0. The molecule has 0 amide bonds. The highest BCUT2D eigenvalue weighted by atomic mass is 16.4. The summed E-state index contributed by atoms with van der Waals surface area (Å²) >= 11 is 0. The first-order chi connectivity index (χ1) is 19.2. The molecular formula is C36H72O3. The maximum absolute atomic E-state index is 9.86. The van der Waals surface area contributed by atoms with Crippen molar-refractivity contribution in [1.82, 2.24) is 0 Å². The number of aliphatic carboxylic acids is 1. The molecule has 0 radical (unpaired) electrons. The van der Waals surface area contributed by atoms with Crippen molar-refractivity contribution in [2.24, 2.45) is 0 Å². The van der Waals surface area contributed by atoms with Crippen molar-refractivity contribution in [3.63, 3.8) is 0 Å². The van der Waals surface area contributed by atoms with Crippen molar-refractivity contribution < 1.29 is 15.0 Å². The second-order valence-electron chi connectivity index (χ2n) is 11.9. The van der Waals surface area contributed by atoms with Gasteiger partial charge in [-0.05, 0) is 13.8 Å². The number of hydrogen-bond acceptors (Lipinski definition) is 2. The molecule has 234 valence electrons. The van der Waals surface area contributed by atoms with Gasteiger partial charge in [-0.2, -0.15) is 0 Å². The lowest BCUT2D eigenvalue weighted by Gasteiger charge is -2.05. The van der Waals surface area contributed by atoms with E-state index in [1.54, 1.807) is 19.9 Å². The lowest BCUT2D eigenvalue weighted by Crippen LogP contribution is -1.93. The average molecular weight is 553 g/mol. The zero-order valence-electron chi connectivity index (χ0n) is 27.1. The van der Waals surface area contributed by atoms with Gasteiger partial charge < -0.3 is 10.2 Å². The molecule has 3 nitrogen and oxygen atoms in total. The fraction of sp³-hybridized carbons (Fsp3) is 0.917. The molecule has 0 atom stereocenters. The molecule has 0 saturated heterocycles. The summed E-state index contributed by atoms with van der Waals surface area (Å²) < 4.78 is 0. The second kappa shape index (κ2) is 37.2. The SMILES string of the molecule is C1CCCCCCCCC1.C1CCCCCCCCC1.C1CCCCCCCCC1.CC=C(C)C(=O)O.CO. The van der Waals surface area contributed by atoms with Crippen LogP contribution in [-0.2, 0) is 4.79 Å². The Bertz CT molecular complexity index is 338. The van der Waals surface area contributed by atoms with Gasteiger partial charge in [-0.15, -0.1) is 0 Å². The van der Waals surface area contributed by atoms with Gasteiger partial charge in [0.15, 0.2) is 0 Å². The van der Waals surface area contributed by atoms with Crippen LogP contribution in [0, 0.1) is 0 Å². The topological polar surface area (TPSA) is 57.5 Å². The van der Waals surface area contributed by atoms with E-state index < -0.39 is 5.97 Å². The summed E-state index contributed by atoms with van der Waals surface area (Å²) in [5, 5.41) is 15.1. The van der Waals surface area contributed by atoms with Crippen LogP contribution in [0.2, 0.25) is 0 Å². The van der Waals surface area contributed by atoms with Crippen LogP contribution in [0.1, 0.15) is 206 Å². The van der Waals surface area contributed by atoms with Crippen LogP contribution < -0.4 is 0 Å². The summed E-state index contributed by atoms with van der Waals surface area (Å²) in [5.41, 5.74) is 0.389. The van der Waals surface area contributed by atoms with Crippen LogP contribution in [0.3, 0.4) is 0 Å². The van der Waals surface area contributed by atoms with E-state index in [-0.39, 0.29) is 0 Å². The number of aliphatic hydroxyl groups excluding tert-OH is 1. The Morgan fingerprint density at radius 1 is 0.385 bits per heavy atom. The summed E-state index contributed by atoms with van der Waals surface area (Å²) in [6.45, 7) is 3.26. The van der Waals surface area contributed by atoms with E-state index in [0.717, 1.165) is 7.11 Å². The molecule has 0 bridgehead atoms. The third kappa shape index (κ3) is 37.2. The van der Waals surface area contributed by atoms with E-state index in [0.29, 0.717) is 5.57 Å². The summed E-state index contributed by atoms with van der Waals surface area (Å²) in [7, 11) is 1.00. The number of carboxylic acids is 1. The number of hydrogen-bond donors (Lipinski definition) is 2. The van der Waals surface area contributed by atoms with E-state index in [1.807, 2.05) is 0 Å². The van der Waals surface area contributed by atoms with Crippen LogP contribution in [0.25, 0.3) is 0 Å². The molecule has 3 fully saturated rings. The van der Waals surface area contributed by atoms with Gasteiger partial charge in [0, 0.05) is 12.7 Å². The third-order valence-corrected chi connectivity index (χ3v) is 8.27. The second-order valence-corrected chi connectivity index (χ2v) is 11.9. The quantitative estimate of drug-likeness (QED) is 0.318. The first-order valence-electron chi connectivity index (χ1n) is 17.5. The molecule has 2 N–H and O–H groups in total. The van der Waals surface area contributed by atoms with Crippen molar-refractivity contribution in [2.45, 2.75) is 206 Å². The van der Waals surface area contributed by atoms with Gasteiger partial charge in [-0.1, -0.05) is 199 Å². The molecule has 3 aliphatic rings. The van der Waals surface area contributed by atoms with E-state index in [9.17, 15) is 4.79 Å². The van der Waals surface area contributed by atoms with Gasteiger partial charge in [-0.25, -0.2) is 4.79 Å². The number of rotatable bonds is 1. The lowest BCUT2D eigenvalue weighted by molar-refractivity contribution is -0.132. The molecule has 3 heteroatoms. The molecule has 0 aromatic carbocycles. The summed E-state index contributed by atoms with van der Waals surface area (Å²) in [6.07, 6.45) is 46.6. The summed E-state index contributed by atoms with van der Waals surface area (Å²) in [5.74, 6) is -0.845. The van der Waals surface area contributed by atoms with E-state index in [2.05, 4.69) is 0 Å². The summed E-state index contributed by atoms with van der Waals surface area (Å²) in [4.78, 5) is 9.86. The predicted octanol–water partition coefficient (Wildman–Crippen LogP) is 12.3. The van der Waals surface area contributed by atoms with Crippen molar-refractivity contribution in [2.75, 3.05) is 7.11 Å². The molecule has 0 aliphatic heterocycles. The maximum Gasteiger partial charge on any atom is 0.330 e. The largest absolute Gasteiger partial charge is 0.478 e. The number of aliphatic hydroxyl groups is 1. The normalized spacial score (nSPS) is 20.7. The van der Waals surface area contributed by atoms with Crippen LogP contribution in [0.15, 0.2) is 11.6 Å². The number of carboxylic acid groups (broad SMARTS) is 1. The first-order valence-corrected chi connectivity index (χ1v) is 17.5. The van der Waals surface area contributed by atoms with Gasteiger partial charge in [0.1, 0.15) is 0 Å². The Labute approximate surface area is 246 Å². The van der Waals surface area contributed by atoms with Crippen LogP contribution in [0.4, 0.5) is 0 Å². The Kier molecular flexibility index (Phi) is 38.4. The minimum absolute atomic E-state index is 0.389. The van der Waals surface area contributed by atoms with Crippen molar-refractivity contribution >= 4 is 5.97 Å². The molecule has 39 heavy (non-hydrogen) atoms. The standard InChI is InChI=1S/3C10H20.C5H8O2.CH4O/c3*1-2-4-6-8-10-9-7-5-3-1;1-3-4(2)5(6)7;1-2/h3*1-10H2;3H,1-2H3,(H,6,7);2H,1H3. The summed E-state index contributed by atoms with van der Waals surface area (Å²) in [6, 6.07) is 0. The van der Waals surface area contributed by atoms with Crippen molar-refractivity contribution in [1.29, 1.82) is 0 Å². The molecule has 0 spiro atoms. The van der Waals surface area contributed by atoms with E-state index >= 15 is 0 Å². The van der Waals surface area contributed by atoms with Crippen LogP contribution in [-0.4, -0.2) is 23.3 Å². The Balaban J connectivity index is 0. The molecule has 0 aromatic heterocycles. The zero-order chi connectivity index (χ0) is 29.1. The number of allylic oxidation sites excluding steroid dienone is 1. The molecule has 0 heterocycles. The van der Waals surface area contributed by atoms with Crippen LogP contribution in [0.5, 0.6) is 0 Å². The molecule has 3 aliphatic carbocycles. The predicted molar refractivity (Wildman–Crippen MR) is 174 cm³/mol. The zero-order valence-corrected chi connectivity index (χ0v) is 27.1. The Morgan fingerprint density at radius 2 is 0.487 bits per heavy atom. The molecule has 3 saturated carbocycles. The smallest absolute Gasteiger partial charge is 0.330 e. The highest BCUT2D eigenvalue weighted by Crippen LogP contribution is 2.17. The molecule has 3 rings (SSSR count). The highest BCUT2D eigenvalue weighted by Gasteiger charge is 1.98. The number of carbonyl (C=O) groups is 1. The molecular weight excluding hydrogens is 480 g/mol. The average Bonchev–Trinajstić information content (AvgIpc) is 2.99. The monoisotopic (exact) mass is 553 g/mol. The third-order valence-electron chi connectivity index (χ3n) is 8.27. The Hall–Kier alpha value is -0.830. The van der Waals surface area contributed by atoms with E-state index in [4.69, 9.17) is 10.2 Å².